The minimum Gasteiger partial charge on any atom is -0.352 e. The molecule has 0 radical (unpaired) electrons. The van der Waals surface area contributed by atoms with Crippen LogP contribution in [0.3, 0.4) is 0 Å². The number of thiazole rings is 1. The summed E-state index contributed by atoms with van der Waals surface area (Å²) in [7, 11) is 0. The van der Waals surface area contributed by atoms with E-state index in [0.29, 0.717) is 6.54 Å². The average molecular weight is 419 g/mol. The maximum absolute atomic E-state index is 12.2. The monoisotopic (exact) mass is 418 g/mol. The van der Waals surface area contributed by atoms with Gasteiger partial charge in [-0.2, -0.15) is 5.10 Å². The zero-order valence-corrected chi connectivity index (χ0v) is 17.5. The van der Waals surface area contributed by atoms with E-state index in [1.807, 2.05) is 24.3 Å². The van der Waals surface area contributed by atoms with Crippen molar-refractivity contribution >= 4 is 32.5 Å². The molecule has 0 spiro atoms. The summed E-state index contributed by atoms with van der Waals surface area (Å²) < 4.78 is 2.72. The third-order valence-corrected chi connectivity index (χ3v) is 6.46. The molecule has 0 atom stereocenters. The molecular weight excluding hydrogens is 396 g/mol. The van der Waals surface area contributed by atoms with Crippen LogP contribution in [0.1, 0.15) is 11.3 Å². The number of aromatic nitrogens is 4. The molecule has 0 saturated carbocycles. The fraction of sp³-hybridized carbons (Fsp3) is 0.273. The fourth-order valence-electron chi connectivity index (χ4n) is 3.70. The smallest absolute Gasteiger partial charge is 0.267 e. The van der Waals surface area contributed by atoms with Crippen LogP contribution in [0.15, 0.2) is 59.5 Å². The van der Waals surface area contributed by atoms with Crippen molar-refractivity contribution in [1.29, 1.82) is 0 Å². The van der Waals surface area contributed by atoms with Crippen molar-refractivity contribution in [3.63, 3.8) is 0 Å². The van der Waals surface area contributed by atoms with Gasteiger partial charge >= 0.3 is 0 Å². The van der Waals surface area contributed by atoms with Gasteiger partial charge < -0.3 is 9.80 Å². The third kappa shape index (κ3) is 3.66. The number of hydrogen-bond donors (Lipinski definition) is 0. The van der Waals surface area contributed by atoms with Gasteiger partial charge in [-0.3, -0.25) is 9.78 Å². The van der Waals surface area contributed by atoms with Gasteiger partial charge in [-0.15, -0.1) is 0 Å². The molecule has 30 heavy (non-hydrogen) atoms. The summed E-state index contributed by atoms with van der Waals surface area (Å²) in [5, 5.41) is 5.67. The predicted octanol–water partition coefficient (Wildman–Crippen LogP) is 2.93. The first kappa shape index (κ1) is 18.7. The van der Waals surface area contributed by atoms with Gasteiger partial charge in [0.25, 0.3) is 5.56 Å². The van der Waals surface area contributed by atoms with E-state index in [0.717, 1.165) is 48.3 Å². The molecule has 0 bridgehead atoms. The zero-order valence-electron chi connectivity index (χ0n) is 16.7. The summed E-state index contributed by atoms with van der Waals surface area (Å²) in [6.07, 6.45) is 1.73. The molecule has 152 valence electrons. The fourth-order valence-corrected chi connectivity index (χ4v) is 4.80. The van der Waals surface area contributed by atoms with Gasteiger partial charge in [-0.25, -0.2) is 9.67 Å². The van der Waals surface area contributed by atoms with E-state index < -0.39 is 0 Å². The SMILES string of the molecule is Cc1cccc2sc(N3CCN(c4ccc(=O)n(Cc5ccccn5)n4)CC3)nc12. The second kappa shape index (κ2) is 7.87. The van der Waals surface area contributed by atoms with Gasteiger partial charge in [0, 0.05) is 38.4 Å². The third-order valence-electron chi connectivity index (χ3n) is 5.37. The van der Waals surface area contributed by atoms with Crippen molar-refractivity contribution in [2.75, 3.05) is 36.0 Å². The second-order valence-electron chi connectivity index (χ2n) is 7.40. The van der Waals surface area contributed by atoms with Crippen molar-refractivity contribution < 1.29 is 0 Å². The Kier molecular flexibility index (Phi) is 4.92. The number of anilines is 2. The quantitative estimate of drug-likeness (QED) is 0.508. The average Bonchev–Trinajstić information content (AvgIpc) is 3.22. The van der Waals surface area contributed by atoms with E-state index in [-0.39, 0.29) is 5.56 Å². The van der Waals surface area contributed by atoms with Crippen LogP contribution in [0.2, 0.25) is 0 Å². The standard InChI is InChI=1S/C22H22N6OS/c1-16-5-4-7-18-21(16)24-22(30-18)27-13-11-26(12-14-27)19-8-9-20(29)28(25-19)15-17-6-2-3-10-23-17/h2-10H,11-15H2,1H3. The van der Waals surface area contributed by atoms with Crippen LogP contribution in [0.25, 0.3) is 10.2 Å². The second-order valence-corrected chi connectivity index (χ2v) is 8.41. The number of aryl methyl sites for hydroxylation is 1. The van der Waals surface area contributed by atoms with Crippen molar-refractivity contribution in [2.24, 2.45) is 0 Å². The first-order valence-electron chi connectivity index (χ1n) is 10.0. The first-order valence-corrected chi connectivity index (χ1v) is 10.8. The van der Waals surface area contributed by atoms with E-state index in [4.69, 9.17) is 4.98 Å². The lowest BCUT2D eigenvalue weighted by atomic mass is 10.2. The lowest BCUT2D eigenvalue weighted by molar-refractivity contribution is 0.596. The largest absolute Gasteiger partial charge is 0.352 e. The van der Waals surface area contributed by atoms with Crippen molar-refractivity contribution in [3.05, 3.63) is 76.3 Å². The van der Waals surface area contributed by atoms with Gasteiger partial charge in [0.1, 0.15) is 5.82 Å². The molecule has 1 saturated heterocycles. The Morgan fingerprint density at radius 3 is 2.57 bits per heavy atom. The molecule has 3 aromatic heterocycles. The molecule has 1 aliphatic rings. The van der Waals surface area contributed by atoms with Crippen LogP contribution < -0.4 is 15.4 Å². The van der Waals surface area contributed by atoms with Crippen LogP contribution in [0, 0.1) is 6.92 Å². The number of benzene rings is 1. The molecule has 5 rings (SSSR count). The van der Waals surface area contributed by atoms with Crippen molar-refractivity contribution in [3.8, 4) is 0 Å². The summed E-state index contributed by atoms with van der Waals surface area (Å²) in [6.45, 7) is 5.90. The number of para-hydroxylation sites is 1. The number of pyridine rings is 1. The maximum Gasteiger partial charge on any atom is 0.267 e. The molecular formula is C22H22N6OS. The molecule has 4 heterocycles. The van der Waals surface area contributed by atoms with Gasteiger partial charge in [-0.1, -0.05) is 29.5 Å². The van der Waals surface area contributed by atoms with Gasteiger partial charge in [-0.05, 0) is 36.8 Å². The summed E-state index contributed by atoms with van der Waals surface area (Å²) in [5.74, 6) is 0.824. The summed E-state index contributed by atoms with van der Waals surface area (Å²) in [6, 6.07) is 15.4. The number of piperazine rings is 1. The molecule has 0 unspecified atom stereocenters. The van der Waals surface area contributed by atoms with E-state index in [1.165, 1.54) is 14.9 Å². The topological polar surface area (TPSA) is 67.2 Å². The first-order chi connectivity index (χ1) is 14.7. The Bertz CT molecular complexity index is 1230. The molecule has 1 aromatic carbocycles. The molecule has 1 aliphatic heterocycles. The molecule has 1 fully saturated rings. The predicted molar refractivity (Wildman–Crippen MR) is 121 cm³/mol. The Labute approximate surface area is 178 Å². The highest BCUT2D eigenvalue weighted by atomic mass is 32.1. The molecule has 4 aromatic rings. The number of hydrogen-bond acceptors (Lipinski definition) is 7. The van der Waals surface area contributed by atoms with Crippen LogP contribution in [0.4, 0.5) is 10.9 Å². The van der Waals surface area contributed by atoms with Gasteiger partial charge in [0.2, 0.25) is 0 Å². The lowest BCUT2D eigenvalue weighted by Crippen LogP contribution is -2.47. The van der Waals surface area contributed by atoms with Gasteiger partial charge in [0.05, 0.1) is 22.5 Å². The molecule has 0 amide bonds. The molecule has 8 heteroatoms. The Morgan fingerprint density at radius 1 is 0.967 bits per heavy atom. The molecule has 7 nitrogen and oxygen atoms in total. The lowest BCUT2D eigenvalue weighted by Gasteiger charge is -2.35. The summed E-state index contributed by atoms with van der Waals surface area (Å²) in [4.78, 5) is 26.0. The highest BCUT2D eigenvalue weighted by Gasteiger charge is 2.21. The van der Waals surface area contributed by atoms with E-state index in [9.17, 15) is 4.79 Å². The van der Waals surface area contributed by atoms with Crippen LogP contribution in [-0.2, 0) is 6.54 Å². The molecule has 0 N–H and O–H groups in total. The Morgan fingerprint density at radius 2 is 1.80 bits per heavy atom. The van der Waals surface area contributed by atoms with E-state index in [2.05, 4.69) is 45.0 Å². The van der Waals surface area contributed by atoms with Crippen molar-refractivity contribution in [2.45, 2.75) is 13.5 Å². The molecule has 0 aliphatic carbocycles. The number of rotatable bonds is 4. The normalized spacial score (nSPS) is 14.4. The maximum atomic E-state index is 12.2. The van der Waals surface area contributed by atoms with Gasteiger partial charge in [0.15, 0.2) is 5.13 Å². The zero-order chi connectivity index (χ0) is 20.5. The summed E-state index contributed by atoms with van der Waals surface area (Å²) in [5.41, 5.74) is 3.02. The highest BCUT2D eigenvalue weighted by Crippen LogP contribution is 2.31. The number of fused-ring (bicyclic) bond motifs is 1. The Balaban J connectivity index is 1.31. The van der Waals surface area contributed by atoms with E-state index >= 15 is 0 Å². The highest BCUT2D eigenvalue weighted by molar-refractivity contribution is 7.22. The van der Waals surface area contributed by atoms with Crippen LogP contribution in [-0.4, -0.2) is 45.9 Å². The summed E-state index contributed by atoms with van der Waals surface area (Å²) >= 11 is 1.75. The van der Waals surface area contributed by atoms with E-state index in [1.54, 1.807) is 23.6 Å². The van der Waals surface area contributed by atoms with Crippen LogP contribution in [0.5, 0.6) is 0 Å². The number of nitrogens with zero attached hydrogens (tertiary/aromatic N) is 6. The minimum absolute atomic E-state index is 0.118. The van der Waals surface area contributed by atoms with Crippen LogP contribution >= 0.6 is 11.3 Å². The minimum atomic E-state index is -0.118. The van der Waals surface area contributed by atoms with Crippen molar-refractivity contribution in [1.82, 2.24) is 19.7 Å². The Hall–Kier alpha value is -3.26.